The molecule has 0 saturated carbocycles. The van der Waals surface area contributed by atoms with E-state index in [4.69, 9.17) is 4.74 Å². The van der Waals surface area contributed by atoms with Gasteiger partial charge in [-0.05, 0) is 43.5 Å². The van der Waals surface area contributed by atoms with Crippen LogP contribution in [0.5, 0.6) is 5.75 Å². The summed E-state index contributed by atoms with van der Waals surface area (Å²) in [6.07, 6.45) is 2.94. The van der Waals surface area contributed by atoms with Gasteiger partial charge in [-0.15, -0.1) is 0 Å². The number of ether oxygens (including phenoxy) is 1. The first kappa shape index (κ1) is 13.9. The van der Waals surface area contributed by atoms with Crippen molar-refractivity contribution in [3.63, 3.8) is 0 Å². The summed E-state index contributed by atoms with van der Waals surface area (Å²) in [6.45, 7) is 1.71. The van der Waals surface area contributed by atoms with E-state index in [9.17, 15) is 4.79 Å². The zero-order valence-corrected chi connectivity index (χ0v) is 11.7. The molecule has 0 aromatic heterocycles. The third-order valence-electron chi connectivity index (χ3n) is 3.63. The zero-order chi connectivity index (χ0) is 13.7. The fourth-order valence-electron chi connectivity index (χ4n) is 2.36. The van der Waals surface area contributed by atoms with Crippen LogP contribution in [0, 0.1) is 0 Å². The van der Waals surface area contributed by atoms with Gasteiger partial charge in [0.15, 0.2) is 0 Å². The molecule has 1 aliphatic rings. The third-order valence-corrected chi connectivity index (χ3v) is 3.63. The Morgan fingerprint density at radius 3 is 2.74 bits per heavy atom. The summed E-state index contributed by atoms with van der Waals surface area (Å²) >= 11 is 0. The molecule has 1 aromatic carbocycles. The highest BCUT2D eigenvalue weighted by Crippen LogP contribution is 2.12. The summed E-state index contributed by atoms with van der Waals surface area (Å²) < 4.78 is 5.13. The molecule has 19 heavy (non-hydrogen) atoms. The van der Waals surface area contributed by atoms with E-state index in [1.807, 2.05) is 36.2 Å². The van der Waals surface area contributed by atoms with E-state index in [0.29, 0.717) is 0 Å². The smallest absolute Gasteiger partial charge is 0.239 e. The maximum atomic E-state index is 12.1. The van der Waals surface area contributed by atoms with Crippen LogP contribution in [-0.4, -0.2) is 44.1 Å². The lowest BCUT2D eigenvalue weighted by molar-refractivity contribution is -0.131. The van der Waals surface area contributed by atoms with E-state index < -0.39 is 0 Å². The number of benzene rings is 1. The number of amides is 1. The highest BCUT2D eigenvalue weighted by atomic mass is 16.5. The monoisotopic (exact) mass is 262 g/mol. The van der Waals surface area contributed by atoms with E-state index >= 15 is 0 Å². The average molecular weight is 262 g/mol. The Morgan fingerprint density at radius 2 is 2.16 bits per heavy atom. The Hall–Kier alpha value is -1.55. The van der Waals surface area contributed by atoms with E-state index in [1.165, 1.54) is 5.56 Å². The Bertz CT molecular complexity index is 411. The molecule has 4 heteroatoms. The summed E-state index contributed by atoms with van der Waals surface area (Å²) in [6, 6.07) is 8.03. The number of carbonyl (C=O) groups is 1. The molecule has 1 saturated heterocycles. The summed E-state index contributed by atoms with van der Waals surface area (Å²) in [5.41, 5.74) is 1.22. The van der Waals surface area contributed by atoms with Gasteiger partial charge in [0, 0.05) is 13.6 Å². The minimum atomic E-state index is 0.0286. The minimum Gasteiger partial charge on any atom is -0.497 e. The molecule has 1 heterocycles. The topological polar surface area (TPSA) is 41.6 Å². The second-order valence-corrected chi connectivity index (χ2v) is 5.01. The van der Waals surface area contributed by atoms with Gasteiger partial charge in [-0.1, -0.05) is 12.1 Å². The van der Waals surface area contributed by atoms with E-state index in [0.717, 1.165) is 38.1 Å². The molecule has 104 valence electrons. The van der Waals surface area contributed by atoms with Crippen LogP contribution in [0.1, 0.15) is 18.4 Å². The Labute approximate surface area is 114 Å². The standard InChI is InChI=1S/C15H22N2O2/c1-17(15(18)14-4-3-10-16-14)11-9-12-5-7-13(19-2)8-6-12/h5-8,14,16H,3-4,9-11H2,1-2H3. The molecule has 1 fully saturated rings. The minimum absolute atomic E-state index is 0.0286. The van der Waals surface area contributed by atoms with Crippen molar-refractivity contribution >= 4 is 5.91 Å². The lowest BCUT2D eigenvalue weighted by Gasteiger charge is -2.21. The van der Waals surface area contributed by atoms with Crippen LogP contribution < -0.4 is 10.1 Å². The predicted molar refractivity (Wildman–Crippen MR) is 75.4 cm³/mol. The van der Waals surface area contributed by atoms with Crippen LogP contribution in [0.3, 0.4) is 0 Å². The number of likely N-dealkylation sites (N-methyl/N-ethyl adjacent to an activating group) is 1. The van der Waals surface area contributed by atoms with E-state index in [-0.39, 0.29) is 11.9 Å². The molecule has 1 amide bonds. The van der Waals surface area contributed by atoms with Crippen molar-refractivity contribution in [1.82, 2.24) is 10.2 Å². The van der Waals surface area contributed by atoms with Gasteiger partial charge >= 0.3 is 0 Å². The van der Waals surface area contributed by atoms with Gasteiger partial charge < -0.3 is 15.0 Å². The lowest BCUT2D eigenvalue weighted by atomic mass is 10.1. The van der Waals surface area contributed by atoms with Crippen molar-refractivity contribution in [3.8, 4) is 5.75 Å². The fraction of sp³-hybridized carbons (Fsp3) is 0.533. The Morgan fingerprint density at radius 1 is 1.42 bits per heavy atom. The largest absolute Gasteiger partial charge is 0.497 e. The molecule has 2 rings (SSSR count). The summed E-state index contributed by atoms with van der Waals surface area (Å²) in [5.74, 6) is 1.08. The molecule has 0 bridgehead atoms. The quantitative estimate of drug-likeness (QED) is 0.873. The highest BCUT2D eigenvalue weighted by Gasteiger charge is 2.24. The summed E-state index contributed by atoms with van der Waals surface area (Å²) in [4.78, 5) is 13.9. The van der Waals surface area contributed by atoms with Crippen LogP contribution in [0.15, 0.2) is 24.3 Å². The first-order valence-electron chi connectivity index (χ1n) is 6.82. The molecule has 1 aliphatic heterocycles. The van der Waals surface area contributed by atoms with Gasteiger partial charge in [0.05, 0.1) is 13.2 Å². The van der Waals surface area contributed by atoms with Gasteiger partial charge in [-0.2, -0.15) is 0 Å². The first-order chi connectivity index (χ1) is 9.20. The third kappa shape index (κ3) is 3.70. The fourth-order valence-corrected chi connectivity index (χ4v) is 2.36. The SMILES string of the molecule is COc1ccc(CCN(C)C(=O)C2CCCN2)cc1. The highest BCUT2D eigenvalue weighted by molar-refractivity contribution is 5.81. The first-order valence-corrected chi connectivity index (χ1v) is 6.82. The van der Waals surface area contributed by atoms with Gasteiger partial charge in [0.2, 0.25) is 5.91 Å². The second kappa shape index (κ2) is 6.57. The van der Waals surface area contributed by atoms with Crippen LogP contribution in [-0.2, 0) is 11.2 Å². The molecular weight excluding hydrogens is 240 g/mol. The maximum absolute atomic E-state index is 12.1. The van der Waals surface area contributed by atoms with Crippen LogP contribution >= 0.6 is 0 Å². The molecule has 1 atom stereocenters. The number of methoxy groups -OCH3 is 1. The molecule has 1 N–H and O–H groups in total. The van der Waals surface area contributed by atoms with Gasteiger partial charge in [-0.25, -0.2) is 0 Å². The number of nitrogens with one attached hydrogen (secondary N) is 1. The van der Waals surface area contributed by atoms with E-state index in [2.05, 4.69) is 5.32 Å². The Kier molecular flexibility index (Phi) is 4.80. The summed E-state index contributed by atoms with van der Waals surface area (Å²) in [7, 11) is 3.54. The molecule has 4 nitrogen and oxygen atoms in total. The van der Waals surface area contributed by atoms with Crippen molar-refractivity contribution in [2.45, 2.75) is 25.3 Å². The van der Waals surface area contributed by atoms with Gasteiger partial charge in [0.25, 0.3) is 0 Å². The van der Waals surface area contributed by atoms with E-state index in [1.54, 1.807) is 7.11 Å². The molecule has 0 spiro atoms. The Balaban J connectivity index is 1.81. The number of rotatable bonds is 5. The number of hydrogen-bond acceptors (Lipinski definition) is 3. The van der Waals surface area contributed by atoms with Crippen molar-refractivity contribution < 1.29 is 9.53 Å². The normalized spacial score (nSPS) is 18.3. The van der Waals surface area contributed by atoms with Crippen LogP contribution in [0.4, 0.5) is 0 Å². The zero-order valence-electron chi connectivity index (χ0n) is 11.7. The predicted octanol–water partition coefficient (Wildman–Crippen LogP) is 1.45. The number of hydrogen-bond donors (Lipinski definition) is 1. The van der Waals surface area contributed by atoms with Gasteiger partial charge in [0.1, 0.15) is 5.75 Å². The van der Waals surface area contributed by atoms with Crippen molar-refractivity contribution in [1.29, 1.82) is 0 Å². The van der Waals surface area contributed by atoms with Gasteiger partial charge in [-0.3, -0.25) is 4.79 Å². The van der Waals surface area contributed by atoms with Crippen molar-refractivity contribution in [3.05, 3.63) is 29.8 Å². The molecule has 1 unspecified atom stereocenters. The van der Waals surface area contributed by atoms with Crippen molar-refractivity contribution in [2.24, 2.45) is 0 Å². The molecule has 0 aliphatic carbocycles. The number of nitrogens with zero attached hydrogens (tertiary/aromatic N) is 1. The molecule has 0 radical (unpaired) electrons. The summed E-state index contributed by atoms with van der Waals surface area (Å²) in [5, 5.41) is 3.24. The number of carbonyl (C=O) groups excluding carboxylic acids is 1. The van der Waals surface area contributed by atoms with Crippen LogP contribution in [0.2, 0.25) is 0 Å². The second-order valence-electron chi connectivity index (χ2n) is 5.01. The maximum Gasteiger partial charge on any atom is 0.239 e. The molecule has 1 aromatic rings. The average Bonchev–Trinajstić information content (AvgIpc) is 2.98. The molecular formula is C15H22N2O2. The lowest BCUT2D eigenvalue weighted by Crippen LogP contribution is -2.42. The van der Waals surface area contributed by atoms with Crippen LogP contribution in [0.25, 0.3) is 0 Å². The van der Waals surface area contributed by atoms with Crippen molar-refractivity contribution in [2.75, 3.05) is 27.2 Å².